The van der Waals surface area contributed by atoms with Crippen LogP contribution in [-0.2, 0) is 0 Å². The van der Waals surface area contributed by atoms with E-state index in [1.165, 1.54) is 19.2 Å². The summed E-state index contributed by atoms with van der Waals surface area (Å²) in [5.74, 6) is 0.814. The molecule has 2 heterocycles. The van der Waals surface area contributed by atoms with Crippen LogP contribution in [0.5, 0.6) is 11.5 Å². The van der Waals surface area contributed by atoms with Gasteiger partial charge in [0.1, 0.15) is 11.9 Å². The summed E-state index contributed by atoms with van der Waals surface area (Å²) in [5, 5.41) is 9.56. The van der Waals surface area contributed by atoms with Crippen molar-refractivity contribution in [2.75, 3.05) is 45.3 Å². The number of aromatic nitrogens is 1. The maximum atomic E-state index is 14.0. The first-order valence-electron chi connectivity index (χ1n) is 9.97. The molecule has 9 heteroatoms. The Morgan fingerprint density at radius 2 is 1.81 bits per heavy atom. The van der Waals surface area contributed by atoms with Gasteiger partial charge in [-0.3, -0.25) is 4.79 Å². The monoisotopic (exact) mass is 436 g/mol. The minimum Gasteiger partial charge on any atom is -0.493 e. The molecule has 1 fully saturated rings. The van der Waals surface area contributed by atoms with E-state index in [4.69, 9.17) is 13.9 Å². The van der Waals surface area contributed by atoms with E-state index in [9.17, 15) is 14.4 Å². The van der Waals surface area contributed by atoms with E-state index < -0.39 is 5.82 Å². The average Bonchev–Trinajstić information content (AvgIpc) is 3.28. The summed E-state index contributed by atoms with van der Waals surface area (Å²) in [6, 6.07) is 13.2. The van der Waals surface area contributed by atoms with E-state index in [1.54, 1.807) is 42.3 Å². The van der Waals surface area contributed by atoms with Crippen LogP contribution in [0.2, 0.25) is 0 Å². The zero-order valence-electron chi connectivity index (χ0n) is 17.7. The molecule has 1 aromatic heterocycles. The quantitative estimate of drug-likeness (QED) is 0.606. The highest BCUT2D eigenvalue weighted by molar-refractivity contribution is 5.94. The maximum Gasteiger partial charge on any atom is 0.256 e. The molecule has 8 nitrogen and oxygen atoms in total. The second kappa shape index (κ2) is 8.98. The second-order valence-corrected chi connectivity index (χ2v) is 7.11. The standard InChI is InChI=1S/C23H21FN4O4/c1-30-19-8-7-15(13-20(19)31-2)21-26-18(14-25)23(32-21)28-11-9-27(10-12-28)22(29)16-5-3-4-6-17(16)24/h3-8,13H,9-12H2,1-2H3. The smallest absolute Gasteiger partial charge is 0.256 e. The number of rotatable bonds is 5. The number of hydrogen-bond donors (Lipinski definition) is 0. The van der Waals surface area contributed by atoms with E-state index >= 15 is 0 Å². The van der Waals surface area contributed by atoms with E-state index in [-0.39, 0.29) is 23.1 Å². The molecule has 0 N–H and O–H groups in total. The summed E-state index contributed by atoms with van der Waals surface area (Å²) in [6.45, 7) is 1.58. The number of ether oxygens (including phenoxy) is 2. The third-order valence-corrected chi connectivity index (χ3v) is 5.30. The van der Waals surface area contributed by atoms with Gasteiger partial charge in [-0.1, -0.05) is 12.1 Å². The Labute approximate surface area is 184 Å². The highest BCUT2D eigenvalue weighted by Gasteiger charge is 2.28. The van der Waals surface area contributed by atoms with Gasteiger partial charge in [0.2, 0.25) is 17.5 Å². The van der Waals surface area contributed by atoms with Gasteiger partial charge in [0.25, 0.3) is 5.91 Å². The molecule has 0 atom stereocenters. The Kier molecular flexibility index (Phi) is 5.94. The van der Waals surface area contributed by atoms with Crippen molar-refractivity contribution in [3.63, 3.8) is 0 Å². The van der Waals surface area contributed by atoms with Gasteiger partial charge in [0.05, 0.1) is 19.8 Å². The van der Waals surface area contributed by atoms with Crippen LogP contribution in [0.15, 0.2) is 46.9 Å². The number of piperazine rings is 1. The van der Waals surface area contributed by atoms with Crippen molar-refractivity contribution in [1.29, 1.82) is 5.26 Å². The minimum atomic E-state index is -0.540. The van der Waals surface area contributed by atoms with Crippen LogP contribution in [0, 0.1) is 17.1 Å². The average molecular weight is 436 g/mol. The Bertz CT molecular complexity index is 1180. The summed E-state index contributed by atoms with van der Waals surface area (Å²) in [6.07, 6.45) is 0. The molecule has 32 heavy (non-hydrogen) atoms. The van der Waals surface area contributed by atoms with Gasteiger partial charge in [0, 0.05) is 31.7 Å². The Hall–Kier alpha value is -4.06. The fraction of sp³-hybridized carbons (Fsp3) is 0.261. The van der Waals surface area contributed by atoms with Crippen LogP contribution < -0.4 is 14.4 Å². The van der Waals surface area contributed by atoms with Crippen molar-refractivity contribution in [2.45, 2.75) is 0 Å². The molecule has 0 unspecified atom stereocenters. The Morgan fingerprint density at radius 1 is 1.09 bits per heavy atom. The van der Waals surface area contributed by atoms with Crippen molar-refractivity contribution in [2.24, 2.45) is 0 Å². The predicted octanol–water partition coefficient (Wildman–Crippen LogP) is 3.33. The highest BCUT2D eigenvalue weighted by atomic mass is 19.1. The summed E-state index contributed by atoms with van der Waals surface area (Å²) in [4.78, 5) is 20.4. The maximum absolute atomic E-state index is 14.0. The van der Waals surface area contributed by atoms with E-state index in [0.29, 0.717) is 49.1 Å². The highest BCUT2D eigenvalue weighted by Crippen LogP contribution is 2.34. The molecule has 1 amide bonds. The van der Waals surface area contributed by atoms with Gasteiger partial charge < -0.3 is 23.7 Å². The molecule has 0 spiro atoms. The zero-order chi connectivity index (χ0) is 22.7. The van der Waals surface area contributed by atoms with Crippen molar-refractivity contribution in [3.05, 3.63) is 59.5 Å². The molecule has 4 rings (SSSR count). The van der Waals surface area contributed by atoms with Crippen LogP contribution in [0.1, 0.15) is 16.1 Å². The van der Waals surface area contributed by atoms with Crippen LogP contribution in [0.3, 0.4) is 0 Å². The minimum absolute atomic E-state index is 0.0501. The number of benzene rings is 2. The number of hydrogen-bond acceptors (Lipinski definition) is 7. The van der Waals surface area contributed by atoms with Crippen LogP contribution in [0.4, 0.5) is 10.3 Å². The predicted molar refractivity (Wildman–Crippen MR) is 114 cm³/mol. The number of halogens is 1. The lowest BCUT2D eigenvalue weighted by Crippen LogP contribution is -2.49. The molecule has 0 aliphatic carbocycles. The normalized spacial score (nSPS) is 13.6. The molecule has 1 saturated heterocycles. The van der Waals surface area contributed by atoms with Gasteiger partial charge in [0.15, 0.2) is 11.5 Å². The SMILES string of the molecule is COc1ccc(-c2nc(C#N)c(N3CCN(C(=O)c4ccccc4F)CC3)o2)cc1OC. The summed E-state index contributed by atoms with van der Waals surface area (Å²) in [5.41, 5.74) is 0.844. The van der Waals surface area contributed by atoms with Crippen molar-refractivity contribution in [3.8, 4) is 29.0 Å². The van der Waals surface area contributed by atoms with Crippen LogP contribution in [0.25, 0.3) is 11.5 Å². The number of carbonyl (C=O) groups excluding carboxylic acids is 1. The molecule has 0 bridgehead atoms. The number of carbonyl (C=O) groups is 1. The number of amides is 1. The van der Waals surface area contributed by atoms with Crippen LogP contribution >= 0.6 is 0 Å². The zero-order valence-corrected chi connectivity index (χ0v) is 17.7. The third-order valence-electron chi connectivity index (χ3n) is 5.30. The molecule has 2 aromatic carbocycles. The van der Waals surface area contributed by atoms with E-state index in [1.807, 2.05) is 4.90 Å². The Balaban J connectivity index is 1.52. The molecule has 3 aromatic rings. The van der Waals surface area contributed by atoms with Gasteiger partial charge >= 0.3 is 0 Å². The third kappa shape index (κ3) is 3.95. The van der Waals surface area contributed by atoms with Crippen molar-refractivity contribution < 1.29 is 23.1 Å². The fourth-order valence-electron chi connectivity index (χ4n) is 3.61. The van der Waals surface area contributed by atoms with Gasteiger partial charge in [-0.15, -0.1) is 0 Å². The number of oxazole rings is 1. The van der Waals surface area contributed by atoms with E-state index in [2.05, 4.69) is 11.1 Å². The van der Waals surface area contributed by atoms with Crippen molar-refractivity contribution in [1.82, 2.24) is 9.88 Å². The van der Waals surface area contributed by atoms with Gasteiger partial charge in [-0.2, -0.15) is 10.2 Å². The lowest BCUT2D eigenvalue weighted by atomic mass is 10.1. The molecular formula is C23H21FN4O4. The molecule has 164 valence electrons. The number of anilines is 1. The summed E-state index contributed by atoms with van der Waals surface area (Å²) < 4.78 is 30.5. The largest absolute Gasteiger partial charge is 0.493 e. The first kappa shape index (κ1) is 21.2. The topological polar surface area (TPSA) is 91.8 Å². The molecule has 1 aliphatic rings. The van der Waals surface area contributed by atoms with E-state index in [0.717, 1.165) is 0 Å². The van der Waals surface area contributed by atoms with Crippen LogP contribution in [-0.4, -0.2) is 56.2 Å². The summed E-state index contributed by atoms with van der Waals surface area (Å²) in [7, 11) is 3.08. The first-order valence-corrected chi connectivity index (χ1v) is 9.97. The molecule has 1 aliphatic heterocycles. The first-order chi connectivity index (χ1) is 15.5. The fourth-order valence-corrected chi connectivity index (χ4v) is 3.61. The van der Waals surface area contributed by atoms with Gasteiger partial charge in [-0.25, -0.2) is 4.39 Å². The lowest BCUT2D eigenvalue weighted by Gasteiger charge is -2.34. The lowest BCUT2D eigenvalue weighted by molar-refractivity contribution is 0.0740. The summed E-state index contributed by atoms with van der Waals surface area (Å²) >= 11 is 0. The number of nitriles is 1. The molecule has 0 saturated carbocycles. The van der Waals surface area contributed by atoms with Gasteiger partial charge in [-0.05, 0) is 30.3 Å². The molecule has 0 radical (unpaired) electrons. The molecular weight excluding hydrogens is 415 g/mol. The van der Waals surface area contributed by atoms with Crippen molar-refractivity contribution >= 4 is 11.8 Å². The second-order valence-electron chi connectivity index (χ2n) is 7.11. The number of methoxy groups -OCH3 is 2. The Morgan fingerprint density at radius 3 is 2.47 bits per heavy atom. The number of nitrogens with zero attached hydrogens (tertiary/aromatic N) is 4.